The minimum absolute atomic E-state index is 0.407. The first-order chi connectivity index (χ1) is 8.58. The van der Waals surface area contributed by atoms with E-state index in [1.54, 1.807) is 0 Å². The Balaban J connectivity index is 2.21. The summed E-state index contributed by atoms with van der Waals surface area (Å²) in [5, 5.41) is 9.85. The highest BCUT2D eigenvalue weighted by atomic mass is 16.5. The number of hydrogen-bond donors (Lipinski definition) is 1. The van der Waals surface area contributed by atoms with Crippen LogP contribution in [-0.4, -0.2) is 36.3 Å². The Morgan fingerprint density at radius 1 is 1.28 bits per heavy atom. The molecule has 1 N–H and O–H groups in total. The quantitative estimate of drug-likeness (QED) is 0.894. The van der Waals surface area contributed by atoms with Gasteiger partial charge in [-0.2, -0.15) is 0 Å². The van der Waals surface area contributed by atoms with Crippen LogP contribution in [0.2, 0.25) is 0 Å². The Morgan fingerprint density at radius 3 is 2.56 bits per heavy atom. The first kappa shape index (κ1) is 13.4. The van der Waals surface area contributed by atoms with Gasteiger partial charge in [-0.05, 0) is 35.6 Å². The molecule has 1 aromatic rings. The number of phenolic OH excluding ortho intramolecular Hbond substituents is 1. The average molecular weight is 249 g/mol. The smallest absolute Gasteiger partial charge is 0.118 e. The monoisotopic (exact) mass is 249 g/mol. The highest BCUT2D eigenvalue weighted by Gasteiger charge is 2.15. The zero-order valence-electron chi connectivity index (χ0n) is 11.6. The summed E-state index contributed by atoms with van der Waals surface area (Å²) in [6.45, 7) is 10.9. The molecular weight excluding hydrogens is 226 g/mol. The van der Waals surface area contributed by atoms with Crippen LogP contribution in [0.25, 0.3) is 0 Å². The molecule has 1 heterocycles. The van der Waals surface area contributed by atoms with Gasteiger partial charge in [0.05, 0.1) is 13.2 Å². The van der Waals surface area contributed by atoms with Crippen molar-refractivity contribution < 1.29 is 9.84 Å². The van der Waals surface area contributed by atoms with Crippen LogP contribution in [0.5, 0.6) is 5.75 Å². The van der Waals surface area contributed by atoms with E-state index in [1.165, 1.54) is 11.1 Å². The van der Waals surface area contributed by atoms with Crippen molar-refractivity contribution in [2.45, 2.75) is 33.2 Å². The number of rotatable bonds is 3. The third-order valence-electron chi connectivity index (χ3n) is 3.58. The summed E-state index contributed by atoms with van der Waals surface area (Å²) in [6.07, 6.45) is 0. The lowest BCUT2D eigenvalue weighted by molar-refractivity contribution is 0.0340. The summed E-state index contributed by atoms with van der Waals surface area (Å²) in [6, 6.07) is 4.05. The summed E-state index contributed by atoms with van der Waals surface area (Å²) in [5.74, 6) is 0.844. The summed E-state index contributed by atoms with van der Waals surface area (Å²) in [7, 11) is 0. The molecule has 0 unspecified atom stereocenters. The second-order valence-corrected chi connectivity index (χ2v) is 5.38. The third kappa shape index (κ3) is 3.03. The number of morpholine rings is 1. The lowest BCUT2D eigenvalue weighted by Crippen LogP contribution is -2.35. The largest absolute Gasteiger partial charge is 0.508 e. The lowest BCUT2D eigenvalue weighted by atomic mass is 9.94. The SMILES string of the molecule is Cc1cc(CN2CCOCC2)c(C(C)C)cc1O. The van der Waals surface area contributed by atoms with E-state index in [0.717, 1.165) is 38.4 Å². The molecule has 0 bridgehead atoms. The lowest BCUT2D eigenvalue weighted by Gasteiger charge is -2.28. The highest BCUT2D eigenvalue weighted by Crippen LogP contribution is 2.28. The van der Waals surface area contributed by atoms with E-state index >= 15 is 0 Å². The Kier molecular flexibility index (Phi) is 4.25. The van der Waals surface area contributed by atoms with Crippen LogP contribution < -0.4 is 0 Å². The Morgan fingerprint density at radius 2 is 1.94 bits per heavy atom. The van der Waals surface area contributed by atoms with E-state index in [0.29, 0.717) is 11.7 Å². The predicted octanol–water partition coefficient (Wildman–Crippen LogP) is 2.66. The number of phenols is 1. The Hall–Kier alpha value is -1.06. The van der Waals surface area contributed by atoms with Crippen molar-refractivity contribution in [1.82, 2.24) is 4.90 Å². The van der Waals surface area contributed by atoms with Crippen LogP contribution in [0.4, 0.5) is 0 Å². The molecule has 3 nitrogen and oxygen atoms in total. The third-order valence-corrected chi connectivity index (χ3v) is 3.58. The molecule has 100 valence electrons. The fourth-order valence-corrected chi connectivity index (χ4v) is 2.45. The molecule has 18 heavy (non-hydrogen) atoms. The Bertz CT molecular complexity index is 409. The van der Waals surface area contributed by atoms with Gasteiger partial charge in [-0.25, -0.2) is 0 Å². The molecule has 0 aliphatic carbocycles. The van der Waals surface area contributed by atoms with Crippen molar-refractivity contribution in [3.05, 3.63) is 28.8 Å². The minimum Gasteiger partial charge on any atom is -0.508 e. The van der Waals surface area contributed by atoms with Gasteiger partial charge in [-0.1, -0.05) is 19.9 Å². The summed E-state index contributed by atoms with van der Waals surface area (Å²) >= 11 is 0. The second-order valence-electron chi connectivity index (χ2n) is 5.38. The molecule has 2 rings (SSSR count). The van der Waals surface area contributed by atoms with Gasteiger partial charge >= 0.3 is 0 Å². The molecule has 0 radical (unpaired) electrons. The fraction of sp³-hybridized carbons (Fsp3) is 0.600. The Labute approximate surface area is 109 Å². The van der Waals surface area contributed by atoms with Gasteiger partial charge in [0.15, 0.2) is 0 Å². The first-order valence-corrected chi connectivity index (χ1v) is 6.70. The topological polar surface area (TPSA) is 32.7 Å². The molecule has 0 saturated carbocycles. The number of aryl methyl sites for hydroxylation is 1. The van der Waals surface area contributed by atoms with Crippen molar-refractivity contribution in [2.24, 2.45) is 0 Å². The van der Waals surface area contributed by atoms with Crippen LogP contribution in [-0.2, 0) is 11.3 Å². The highest BCUT2D eigenvalue weighted by molar-refractivity contribution is 5.42. The van der Waals surface area contributed by atoms with Gasteiger partial charge in [-0.15, -0.1) is 0 Å². The summed E-state index contributed by atoms with van der Waals surface area (Å²) in [5.41, 5.74) is 3.55. The van der Waals surface area contributed by atoms with E-state index in [9.17, 15) is 5.11 Å². The number of aromatic hydroxyl groups is 1. The van der Waals surface area contributed by atoms with Gasteiger partial charge in [0.2, 0.25) is 0 Å². The maximum Gasteiger partial charge on any atom is 0.118 e. The van der Waals surface area contributed by atoms with Crippen LogP contribution in [0.15, 0.2) is 12.1 Å². The number of ether oxygens (including phenoxy) is 1. The van der Waals surface area contributed by atoms with Gasteiger partial charge in [0.1, 0.15) is 5.75 Å². The van der Waals surface area contributed by atoms with Gasteiger partial charge in [0.25, 0.3) is 0 Å². The number of hydrogen-bond acceptors (Lipinski definition) is 3. The molecule has 0 atom stereocenters. The van der Waals surface area contributed by atoms with Crippen molar-refractivity contribution in [3.63, 3.8) is 0 Å². The van der Waals surface area contributed by atoms with E-state index in [1.807, 2.05) is 13.0 Å². The molecule has 1 aliphatic heterocycles. The summed E-state index contributed by atoms with van der Waals surface area (Å²) < 4.78 is 5.38. The van der Waals surface area contributed by atoms with E-state index in [2.05, 4.69) is 24.8 Å². The van der Waals surface area contributed by atoms with Crippen LogP contribution in [0.1, 0.15) is 36.5 Å². The van der Waals surface area contributed by atoms with E-state index in [4.69, 9.17) is 4.74 Å². The number of benzene rings is 1. The molecule has 0 amide bonds. The van der Waals surface area contributed by atoms with Gasteiger partial charge < -0.3 is 9.84 Å². The molecule has 1 aliphatic rings. The van der Waals surface area contributed by atoms with Crippen molar-refractivity contribution >= 4 is 0 Å². The molecular formula is C15H23NO2. The zero-order valence-corrected chi connectivity index (χ0v) is 11.6. The van der Waals surface area contributed by atoms with Gasteiger partial charge in [0, 0.05) is 19.6 Å². The number of nitrogens with zero attached hydrogens (tertiary/aromatic N) is 1. The predicted molar refractivity (Wildman–Crippen MR) is 73.0 cm³/mol. The van der Waals surface area contributed by atoms with Gasteiger partial charge in [-0.3, -0.25) is 4.90 Å². The van der Waals surface area contributed by atoms with E-state index < -0.39 is 0 Å². The maximum absolute atomic E-state index is 9.85. The standard InChI is InChI=1S/C15H23NO2/c1-11(2)14-9-15(17)12(3)8-13(14)10-16-4-6-18-7-5-16/h8-9,11,17H,4-7,10H2,1-3H3. The maximum atomic E-state index is 9.85. The van der Waals surface area contributed by atoms with Crippen molar-refractivity contribution in [1.29, 1.82) is 0 Å². The fourth-order valence-electron chi connectivity index (χ4n) is 2.45. The molecule has 1 saturated heterocycles. The molecule has 0 aromatic heterocycles. The molecule has 0 spiro atoms. The zero-order chi connectivity index (χ0) is 13.1. The van der Waals surface area contributed by atoms with E-state index in [-0.39, 0.29) is 0 Å². The van der Waals surface area contributed by atoms with Crippen LogP contribution in [0.3, 0.4) is 0 Å². The molecule has 3 heteroatoms. The normalized spacial score (nSPS) is 17.3. The van der Waals surface area contributed by atoms with Crippen molar-refractivity contribution in [2.75, 3.05) is 26.3 Å². The van der Waals surface area contributed by atoms with Crippen LogP contribution >= 0.6 is 0 Å². The second kappa shape index (κ2) is 5.72. The van der Waals surface area contributed by atoms with Crippen LogP contribution in [0, 0.1) is 6.92 Å². The average Bonchev–Trinajstić information content (AvgIpc) is 2.34. The molecule has 1 fully saturated rings. The summed E-state index contributed by atoms with van der Waals surface area (Å²) in [4.78, 5) is 2.42. The first-order valence-electron chi connectivity index (χ1n) is 6.70. The molecule has 1 aromatic carbocycles. The van der Waals surface area contributed by atoms with Crippen molar-refractivity contribution in [3.8, 4) is 5.75 Å². The minimum atomic E-state index is 0.407.